The number of carbonyl (C=O) groups is 4. The minimum atomic E-state index is -1.11. The van der Waals surface area contributed by atoms with Crippen LogP contribution in [0.2, 0.25) is 0 Å². The predicted molar refractivity (Wildman–Crippen MR) is 64.8 cm³/mol. The molecule has 0 aromatic carbocycles. The number of esters is 2. The maximum Gasteiger partial charge on any atom is 0.331 e. The van der Waals surface area contributed by atoms with Crippen LogP contribution in [0.15, 0.2) is 12.2 Å². The quantitative estimate of drug-likeness (QED) is 0.484. The number of hydrogen-bond acceptors (Lipinski definition) is 6. The Morgan fingerprint density at radius 2 is 1.15 bits per heavy atom. The molecule has 2 unspecified atom stereocenters. The Bertz CT molecular complexity index is 374. The molecule has 0 aromatic heterocycles. The molecule has 0 aliphatic heterocycles. The number of carbonyl (C=O) groups excluding carboxylic acids is 2. The maximum absolute atomic E-state index is 11.2. The highest BCUT2D eigenvalue weighted by Crippen LogP contribution is 2.01. The third-order valence-electron chi connectivity index (χ3n) is 1.91. The summed E-state index contributed by atoms with van der Waals surface area (Å²) in [6.07, 6.45) is -0.778. The summed E-state index contributed by atoms with van der Waals surface area (Å²) in [6.45, 7) is 2.79. The van der Waals surface area contributed by atoms with Gasteiger partial charge >= 0.3 is 23.9 Å². The zero-order valence-corrected chi connectivity index (χ0v) is 11.1. The van der Waals surface area contributed by atoms with Crippen molar-refractivity contribution in [3.8, 4) is 0 Å². The highest BCUT2D eigenvalue weighted by molar-refractivity contribution is 5.92. The minimum absolute atomic E-state index is 0.348. The second kappa shape index (κ2) is 8.68. The normalized spacial score (nSPS) is 13.5. The van der Waals surface area contributed by atoms with Gasteiger partial charge in [0.05, 0.1) is 12.8 Å². The molecule has 0 spiro atoms. The molecule has 0 saturated carbocycles. The first-order valence-corrected chi connectivity index (χ1v) is 5.73. The monoisotopic (exact) mass is 288 g/mol. The van der Waals surface area contributed by atoms with Crippen LogP contribution < -0.4 is 0 Å². The lowest BCUT2D eigenvalue weighted by Gasteiger charge is -2.09. The number of carboxylic acid groups (broad SMARTS) is 2. The van der Waals surface area contributed by atoms with Crippen molar-refractivity contribution in [2.45, 2.75) is 38.9 Å². The van der Waals surface area contributed by atoms with E-state index in [-0.39, 0.29) is 12.8 Å². The van der Waals surface area contributed by atoms with E-state index in [4.69, 9.17) is 10.2 Å². The lowest BCUT2D eigenvalue weighted by molar-refractivity contribution is -0.150. The Labute approximate surface area is 115 Å². The lowest BCUT2D eigenvalue weighted by atomic mass is 10.3. The van der Waals surface area contributed by atoms with Crippen molar-refractivity contribution in [2.24, 2.45) is 0 Å². The van der Waals surface area contributed by atoms with Crippen LogP contribution in [0.1, 0.15) is 26.7 Å². The highest BCUT2D eigenvalue weighted by Gasteiger charge is 2.13. The van der Waals surface area contributed by atoms with E-state index in [1.807, 2.05) is 0 Å². The third kappa shape index (κ3) is 9.63. The fourth-order valence-electron chi connectivity index (χ4n) is 1.19. The molecule has 0 aliphatic rings. The molecule has 0 fully saturated rings. The molecule has 112 valence electrons. The fourth-order valence-corrected chi connectivity index (χ4v) is 1.19. The molecule has 0 aromatic rings. The summed E-state index contributed by atoms with van der Waals surface area (Å²) in [5, 5.41) is 16.9. The molecule has 0 saturated heterocycles. The molecule has 0 bridgehead atoms. The summed E-state index contributed by atoms with van der Waals surface area (Å²) in [7, 11) is 0. The number of hydrogen-bond donors (Lipinski definition) is 2. The van der Waals surface area contributed by atoms with Gasteiger partial charge in [0.15, 0.2) is 0 Å². The maximum atomic E-state index is 11.2. The largest absolute Gasteiger partial charge is 0.481 e. The average Bonchev–Trinajstić information content (AvgIpc) is 2.23. The van der Waals surface area contributed by atoms with Gasteiger partial charge in [-0.25, -0.2) is 9.59 Å². The first-order chi connectivity index (χ1) is 9.20. The summed E-state index contributed by atoms with van der Waals surface area (Å²) in [4.78, 5) is 43.1. The number of carboxylic acids is 2. The Balaban J connectivity index is 4.14. The molecule has 0 aliphatic carbocycles. The van der Waals surface area contributed by atoms with Crippen LogP contribution in [-0.4, -0.2) is 46.3 Å². The van der Waals surface area contributed by atoms with Crippen LogP contribution >= 0.6 is 0 Å². The van der Waals surface area contributed by atoms with E-state index in [0.29, 0.717) is 0 Å². The van der Waals surface area contributed by atoms with Crippen molar-refractivity contribution >= 4 is 23.9 Å². The zero-order valence-electron chi connectivity index (χ0n) is 11.1. The Kier molecular flexibility index (Phi) is 7.64. The standard InChI is InChI=1S/C12H16O8/c1-7(5-9(13)14)19-11(17)3-4-12(18)20-8(2)6-10(15)16/h3-4,7-8H,5-6H2,1-2H3,(H,13,14)(H,15,16)/b4-3+. The molecule has 2 N–H and O–H groups in total. The molecule has 0 rings (SSSR count). The van der Waals surface area contributed by atoms with Crippen LogP contribution in [0.25, 0.3) is 0 Å². The first-order valence-electron chi connectivity index (χ1n) is 5.73. The van der Waals surface area contributed by atoms with Crippen LogP contribution in [-0.2, 0) is 28.7 Å². The van der Waals surface area contributed by atoms with Crippen molar-refractivity contribution < 1.29 is 38.9 Å². The van der Waals surface area contributed by atoms with E-state index in [1.165, 1.54) is 13.8 Å². The van der Waals surface area contributed by atoms with Gasteiger partial charge in [-0.2, -0.15) is 0 Å². The van der Waals surface area contributed by atoms with Crippen molar-refractivity contribution in [1.82, 2.24) is 0 Å². The van der Waals surface area contributed by atoms with E-state index < -0.39 is 36.1 Å². The summed E-state index contributed by atoms with van der Waals surface area (Å²) in [5.74, 6) is -4.00. The van der Waals surface area contributed by atoms with Gasteiger partial charge < -0.3 is 19.7 Å². The fraction of sp³-hybridized carbons (Fsp3) is 0.500. The molecule has 8 heteroatoms. The molecule has 0 radical (unpaired) electrons. The van der Waals surface area contributed by atoms with Crippen molar-refractivity contribution in [2.75, 3.05) is 0 Å². The summed E-state index contributed by atoms with van der Waals surface area (Å²) in [5.41, 5.74) is 0. The number of ether oxygens (including phenoxy) is 2. The molecule has 2 atom stereocenters. The molecule has 0 heterocycles. The van der Waals surface area contributed by atoms with E-state index in [0.717, 1.165) is 12.2 Å². The molecular formula is C12H16O8. The second-order valence-electron chi connectivity index (χ2n) is 4.02. The smallest absolute Gasteiger partial charge is 0.331 e. The van der Waals surface area contributed by atoms with Gasteiger partial charge in [0.25, 0.3) is 0 Å². The van der Waals surface area contributed by atoms with Crippen LogP contribution in [0.5, 0.6) is 0 Å². The summed E-state index contributed by atoms with van der Waals surface area (Å²) in [6, 6.07) is 0. The van der Waals surface area contributed by atoms with Crippen LogP contribution in [0.3, 0.4) is 0 Å². The third-order valence-corrected chi connectivity index (χ3v) is 1.91. The number of aliphatic carboxylic acids is 2. The van der Waals surface area contributed by atoms with Crippen molar-refractivity contribution in [3.63, 3.8) is 0 Å². The molecule has 8 nitrogen and oxygen atoms in total. The van der Waals surface area contributed by atoms with Gasteiger partial charge in [-0.3, -0.25) is 9.59 Å². The van der Waals surface area contributed by atoms with E-state index in [1.54, 1.807) is 0 Å². The van der Waals surface area contributed by atoms with Gasteiger partial charge in [0.2, 0.25) is 0 Å². The average molecular weight is 288 g/mol. The first kappa shape index (κ1) is 17.6. The summed E-state index contributed by atoms with van der Waals surface area (Å²) < 4.78 is 9.35. The van der Waals surface area contributed by atoms with Gasteiger partial charge in [-0.1, -0.05) is 0 Å². The highest BCUT2D eigenvalue weighted by atomic mass is 16.5. The Morgan fingerprint density at radius 3 is 1.40 bits per heavy atom. The zero-order chi connectivity index (χ0) is 15.7. The minimum Gasteiger partial charge on any atom is -0.481 e. The lowest BCUT2D eigenvalue weighted by Crippen LogP contribution is -2.18. The van der Waals surface area contributed by atoms with Crippen molar-refractivity contribution in [3.05, 3.63) is 12.2 Å². The van der Waals surface area contributed by atoms with Crippen LogP contribution in [0, 0.1) is 0 Å². The second-order valence-corrected chi connectivity index (χ2v) is 4.02. The van der Waals surface area contributed by atoms with E-state index in [2.05, 4.69) is 9.47 Å². The van der Waals surface area contributed by atoms with E-state index in [9.17, 15) is 19.2 Å². The van der Waals surface area contributed by atoms with Gasteiger partial charge in [0.1, 0.15) is 12.2 Å². The molecule has 0 amide bonds. The van der Waals surface area contributed by atoms with E-state index >= 15 is 0 Å². The molecule has 20 heavy (non-hydrogen) atoms. The Hall–Kier alpha value is -2.38. The van der Waals surface area contributed by atoms with Gasteiger partial charge in [-0.05, 0) is 13.8 Å². The predicted octanol–water partition coefficient (Wildman–Crippen LogP) is 0.355. The summed E-state index contributed by atoms with van der Waals surface area (Å²) >= 11 is 0. The topological polar surface area (TPSA) is 127 Å². The number of rotatable bonds is 8. The SMILES string of the molecule is CC(CC(=O)O)OC(=O)/C=C/C(=O)OC(C)CC(=O)O. The van der Waals surface area contributed by atoms with Gasteiger partial charge in [0, 0.05) is 12.2 Å². The van der Waals surface area contributed by atoms with Gasteiger partial charge in [-0.15, -0.1) is 0 Å². The molecular weight excluding hydrogens is 272 g/mol. The Morgan fingerprint density at radius 1 is 0.850 bits per heavy atom. The van der Waals surface area contributed by atoms with Crippen molar-refractivity contribution in [1.29, 1.82) is 0 Å². The van der Waals surface area contributed by atoms with Crippen LogP contribution in [0.4, 0.5) is 0 Å².